The van der Waals surface area contributed by atoms with E-state index in [0.717, 1.165) is 11.4 Å². The van der Waals surface area contributed by atoms with Gasteiger partial charge in [-0.05, 0) is 49.1 Å². The fraction of sp³-hybridized carbons (Fsp3) is 0.467. The first-order chi connectivity index (χ1) is 8.38. The second kappa shape index (κ2) is 4.60. The molecule has 1 aromatic carbocycles. The third-order valence-corrected chi connectivity index (χ3v) is 4.14. The van der Waals surface area contributed by atoms with Gasteiger partial charge in [0.15, 0.2) is 0 Å². The standard InChI is InChI=1S/C15H21ClN2/c1-10-14(15(2,3)7-8-17)12-9-11(16)5-6-13(12)18(10)4/h5-6,9H,7-8,17H2,1-4H3. The molecule has 18 heavy (non-hydrogen) atoms. The van der Waals surface area contributed by atoms with Gasteiger partial charge in [0.2, 0.25) is 0 Å². The van der Waals surface area contributed by atoms with Crippen molar-refractivity contribution in [2.75, 3.05) is 6.54 Å². The number of fused-ring (bicyclic) bond motifs is 1. The zero-order chi connectivity index (χ0) is 13.5. The lowest BCUT2D eigenvalue weighted by Crippen LogP contribution is -2.22. The zero-order valence-electron chi connectivity index (χ0n) is 11.5. The molecule has 0 fully saturated rings. The smallest absolute Gasteiger partial charge is 0.0483 e. The van der Waals surface area contributed by atoms with Gasteiger partial charge in [0.1, 0.15) is 0 Å². The van der Waals surface area contributed by atoms with Gasteiger partial charge in [-0.2, -0.15) is 0 Å². The predicted octanol–water partition coefficient (Wildman–Crippen LogP) is 3.77. The zero-order valence-corrected chi connectivity index (χ0v) is 12.3. The summed E-state index contributed by atoms with van der Waals surface area (Å²) in [6.45, 7) is 7.37. The van der Waals surface area contributed by atoms with Gasteiger partial charge in [-0.15, -0.1) is 0 Å². The second-order valence-electron chi connectivity index (χ2n) is 5.60. The maximum atomic E-state index is 6.15. The van der Waals surface area contributed by atoms with E-state index in [0.29, 0.717) is 6.54 Å². The molecule has 2 N–H and O–H groups in total. The van der Waals surface area contributed by atoms with Crippen LogP contribution in [0, 0.1) is 6.92 Å². The van der Waals surface area contributed by atoms with Crippen LogP contribution in [0.5, 0.6) is 0 Å². The highest BCUT2D eigenvalue weighted by molar-refractivity contribution is 6.31. The summed E-state index contributed by atoms with van der Waals surface area (Å²) in [6, 6.07) is 6.10. The van der Waals surface area contributed by atoms with Crippen molar-refractivity contribution >= 4 is 22.5 Å². The molecule has 0 amide bonds. The van der Waals surface area contributed by atoms with Crippen LogP contribution in [0.4, 0.5) is 0 Å². The molecule has 0 saturated carbocycles. The first-order valence-electron chi connectivity index (χ1n) is 6.33. The summed E-state index contributed by atoms with van der Waals surface area (Å²) in [5.74, 6) is 0. The van der Waals surface area contributed by atoms with Gasteiger partial charge >= 0.3 is 0 Å². The number of aromatic nitrogens is 1. The van der Waals surface area contributed by atoms with Crippen LogP contribution < -0.4 is 5.73 Å². The van der Waals surface area contributed by atoms with Crippen molar-refractivity contribution in [2.24, 2.45) is 12.8 Å². The summed E-state index contributed by atoms with van der Waals surface area (Å²) >= 11 is 6.15. The first kappa shape index (κ1) is 13.4. The van der Waals surface area contributed by atoms with Gasteiger partial charge in [-0.1, -0.05) is 25.4 Å². The Bertz CT molecular complexity index is 582. The number of nitrogens with two attached hydrogens (primary N) is 1. The normalized spacial score (nSPS) is 12.3. The van der Waals surface area contributed by atoms with Crippen LogP contribution >= 0.6 is 11.6 Å². The molecular weight excluding hydrogens is 244 g/mol. The van der Waals surface area contributed by atoms with Crippen molar-refractivity contribution in [3.8, 4) is 0 Å². The minimum atomic E-state index is 0.0724. The van der Waals surface area contributed by atoms with E-state index in [1.807, 2.05) is 6.07 Å². The molecule has 0 radical (unpaired) electrons. The van der Waals surface area contributed by atoms with Crippen molar-refractivity contribution in [1.29, 1.82) is 0 Å². The van der Waals surface area contributed by atoms with E-state index in [4.69, 9.17) is 17.3 Å². The predicted molar refractivity (Wildman–Crippen MR) is 79.4 cm³/mol. The molecule has 3 heteroatoms. The number of halogens is 1. The highest BCUT2D eigenvalue weighted by Gasteiger charge is 2.26. The van der Waals surface area contributed by atoms with Crippen molar-refractivity contribution in [2.45, 2.75) is 32.6 Å². The minimum Gasteiger partial charge on any atom is -0.348 e. The van der Waals surface area contributed by atoms with E-state index < -0.39 is 0 Å². The topological polar surface area (TPSA) is 30.9 Å². The van der Waals surface area contributed by atoms with Crippen LogP contribution in [0.2, 0.25) is 5.02 Å². The van der Waals surface area contributed by atoms with Gasteiger partial charge in [0.05, 0.1) is 0 Å². The average molecular weight is 265 g/mol. The average Bonchev–Trinajstić information content (AvgIpc) is 2.51. The molecule has 2 aromatic rings. The maximum absolute atomic E-state index is 6.15. The molecule has 2 nitrogen and oxygen atoms in total. The monoisotopic (exact) mass is 264 g/mol. The first-order valence-corrected chi connectivity index (χ1v) is 6.71. The Kier molecular flexibility index (Phi) is 3.43. The highest BCUT2D eigenvalue weighted by Crippen LogP contribution is 2.37. The molecule has 1 aromatic heterocycles. The van der Waals surface area contributed by atoms with Gasteiger partial charge in [-0.3, -0.25) is 0 Å². The Morgan fingerprint density at radius 2 is 2.00 bits per heavy atom. The van der Waals surface area contributed by atoms with E-state index in [1.165, 1.54) is 22.2 Å². The number of hydrogen-bond donors (Lipinski definition) is 1. The van der Waals surface area contributed by atoms with E-state index in [-0.39, 0.29) is 5.41 Å². The quantitative estimate of drug-likeness (QED) is 0.899. The van der Waals surface area contributed by atoms with Crippen molar-refractivity contribution in [3.63, 3.8) is 0 Å². The molecule has 0 saturated heterocycles. The van der Waals surface area contributed by atoms with E-state index in [9.17, 15) is 0 Å². The summed E-state index contributed by atoms with van der Waals surface area (Å²) in [7, 11) is 2.10. The van der Waals surface area contributed by atoms with Crippen LogP contribution in [0.15, 0.2) is 18.2 Å². The second-order valence-corrected chi connectivity index (χ2v) is 6.04. The molecule has 2 rings (SSSR count). The number of hydrogen-bond acceptors (Lipinski definition) is 1. The Hall–Kier alpha value is -0.990. The molecule has 0 aliphatic heterocycles. The molecule has 0 unspecified atom stereocenters. The van der Waals surface area contributed by atoms with Gasteiger partial charge in [0, 0.05) is 28.7 Å². The lowest BCUT2D eigenvalue weighted by Gasteiger charge is -2.25. The SMILES string of the molecule is Cc1c(C(C)(C)CCN)c2cc(Cl)ccc2n1C. The summed E-state index contributed by atoms with van der Waals surface area (Å²) in [5, 5.41) is 2.04. The maximum Gasteiger partial charge on any atom is 0.0483 e. The Morgan fingerprint density at radius 1 is 1.33 bits per heavy atom. The van der Waals surface area contributed by atoms with Crippen LogP contribution in [-0.2, 0) is 12.5 Å². The largest absolute Gasteiger partial charge is 0.348 e. The Labute approximate surface area is 114 Å². The van der Waals surface area contributed by atoms with Crippen LogP contribution in [0.25, 0.3) is 10.9 Å². The van der Waals surface area contributed by atoms with Gasteiger partial charge in [-0.25, -0.2) is 0 Å². The lowest BCUT2D eigenvalue weighted by molar-refractivity contribution is 0.487. The molecule has 98 valence electrons. The Balaban J connectivity index is 2.77. The van der Waals surface area contributed by atoms with Crippen LogP contribution in [0.3, 0.4) is 0 Å². The fourth-order valence-electron chi connectivity index (χ4n) is 2.88. The van der Waals surface area contributed by atoms with E-state index in [2.05, 4.69) is 44.5 Å². The summed E-state index contributed by atoms with van der Waals surface area (Å²) in [5.41, 5.74) is 9.72. The van der Waals surface area contributed by atoms with E-state index in [1.54, 1.807) is 0 Å². The fourth-order valence-corrected chi connectivity index (χ4v) is 3.06. The minimum absolute atomic E-state index is 0.0724. The summed E-state index contributed by atoms with van der Waals surface area (Å²) < 4.78 is 2.24. The number of rotatable bonds is 3. The van der Waals surface area contributed by atoms with E-state index >= 15 is 0 Å². The number of nitrogens with zero attached hydrogens (tertiary/aromatic N) is 1. The molecule has 0 aliphatic carbocycles. The van der Waals surface area contributed by atoms with Crippen molar-refractivity contribution in [3.05, 3.63) is 34.5 Å². The third-order valence-electron chi connectivity index (χ3n) is 3.90. The number of benzene rings is 1. The highest BCUT2D eigenvalue weighted by atomic mass is 35.5. The molecule has 0 atom stereocenters. The van der Waals surface area contributed by atoms with Crippen molar-refractivity contribution < 1.29 is 0 Å². The lowest BCUT2D eigenvalue weighted by atomic mass is 9.80. The van der Waals surface area contributed by atoms with Gasteiger partial charge < -0.3 is 10.3 Å². The van der Waals surface area contributed by atoms with Crippen molar-refractivity contribution in [1.82, 2.24) is 4.57 Å². The summed E-state index contributed by atoms with van der Waals surface area (Å²) in [6.07, 6.45) is 0.972. The molecule has 0 bridgehead atoms. The van der Waals surface area contributed by atoms with Gasteiger partial charge in [0.25, 0.3) is 0 Å². The molecular formula is C15H21ClN2. The molecule has 0 spiro atoms. The molecule has 0 aliphatic rings. The molecule has 1 heterocycles. The van der Waals surface area contributed by atoms with Crippen LogP contribution in [-0.4, -0.2) is 11.1 Å². The summed E-state index contributed by atoms with van der Waals surface area (Å²) in [4.78, 5) is 0. The number of aryl methyl sites for hydroxylation is 1. The Morgan fingerprint density at radius 3 is 2.61 bits per heavy atom. The van der Waals surface area contributed by atoms with Crippen LogP contribution in [0.1, 0.15) is 31.5 Å². The third kappa shape index (κ3) is 2.04.